The summed E-state index contributed by atoms with van der Waals surface area (Å²) in [5, 5.41) is 36.2. The first-order valence-corrected chi connectivity index (χ1v) is 3.82. The van der Waals surface area contributed by atoms with E-state index in [1.165, 1.54) is 6.92 Å². The smallest absolute Gasteiger partial charge is 0.335 e. The number of carboxylic acid groups (broad SMARTS) is 1. The van der Waals surface area contributed by atoms with Crippen molar-refractivity contribution in [3.8, 4) is 0 Å². The molecule has 0 aromatic heterocycles. The first-order chi connectivity index (χ1) is 5.83. The zero-order valence-electron chi connectivity index (χ0n) is 7.04. The summed E-state index contributed by atoms with van der Waals surface area (Å²) in [4.78, 5) is 10.5. The predicted octanol–water partition coefficient (Wildman–Crippen LogP) is -1.71. The third-order valence-electron chi connectivity index (χ3n) is 1.92. The van der Waals surface area contributed by atoms with Gasteiger partial charge in [0.15, 0.2) is 11.9 Å². The molecule has 0 aliphatic carbocycles. The molecule has 13 heavy (non-hydrogen) atoms. The molecule has 76 valence electrons. The molecule has 1 rings (SSSR count). The lowest BCUT2D eigenvalue weighted by atomic mass is 9.96. The van der Waals surface area contributed by atoms with Gasteiger partial charge in [-0.3, -0.25) is 0 Å². The average molecular weight is 192 g/mol. The monoisotopic (exact) mass is 192 g/mol. The molecule has 0 unspecified atom stereocenters. The lowest BCUT2D eigenvalue weighted by Crippen LogP contribution is -2.56. The van der Waals surface area contributed by atoms with Crippen LogP contribution in [0.3, 0.4) is 0 Å². The number of carbonyl (C=O) groups is 1. The topological polar surface area (TPSA) is 107 Å². The number of carboxylic acids is 1. The number of aliphatic hydroxyl groups excluding tert-OH is 2. The lowest BCUT2D eigenvalue weighted by Gasteiger charge is -2.38. The first kappa shape index (κ1) is 10.4. The Bertz CT molecular complexity index is 213. The Labute approximate surface area is 74.4 Å². The second-order valence-electron chi connectivity index (χ2n) is 3.31. The second kappa shape index (κ2) is 3.22. The average Bonchev–Trinajstić information content (AvgIpc) is 1.95. The molecule has 1 aliphatic heterocycles. The molecule has 0 aromatic carbocycles. The van der Waals surface area contributed by atoms with Gasteiger partial charge >= 0.3 is 5.97 Å². The van der Waals surface area contributed by atoms with E-state index in [2.05, 4.69) is 4.74 Å². The Balaban J connectivity index is 2.78. The fourth-order valence-corrected chi connectivity index (χ4v) is 1.30. The number of hydrogen-bond donors (Lipinski definition) is 4. The Kier molecular flexibility index (Phi) is 2.58. The number of ether oxygens (including phenoxy) is 1. The van der Waals surface area contributed by atoms with Gasteiger partial charge in [0.05, 0.1) is 6.10 Å². The van der Waals surface area contributed by atoms with Crippen molar-refractivity contribution in [2.45, 2.75) is 37.4 Å². The van der Waals surface area contributed by atoms with Crippen molar-refractivity contribution in [3.05, 3.63) is 0 Å². The van der Waals surface area contributed by atoms with Crippen molar-refractivity contribution in [1.82, 2.24) is 0 Å². The van der Waals surface area contributed by atoms with Crippen molar-refractivity contribution >= 4 is 5.97 Å². The molecule has 0 radical (unpaired) electrons. The molecule has 0 saturated carbocycles. The fraction of sp³-hybridized carbons (Fsp3) is 0.857. The van der Waals surface area contributed by atoms with Crippen LogP contribution in [0.25, 0.3) is 0 Å². The summed E-state index contributed by atoms with van der Waals surface area (Å²) in [6.07, 6.45) is -4.58. The van der Waals surface area contributed by atoms with Gasteiger partial charge in [0.25, 0.3) is 0 Å². The number of hydrogen-bond acceptors (Lipinski definition) is 5. The molecule has 6 nitrogen and oxygen atoms in total. The first-order valence-electron chi connectivity index (χ1n) is 3.82. The summed E-state index contributed by atoms with van der Waals surface area (Å²) in [7, 11) is 0. The summed E-state index contributed by atoms with van der Waals surface area (Å²) < 4.78 is 4.66. The number of aliphatic carboxylic acids is 1. The van der Waals surface area contributed by atoms with Crippen LogP contribution in [-0.4, -0.2) is 50.5 Å². The molecule has 0 amide bonds. The van der Waals surface area contributed by atoms with Crippen LogP contribution in [0.1, 0.15) is 13.3 Å². The van der Waals surface area contributed by atoms with Gasteiger partial charge in [-0.1, -0.05) is 0 Å². The van der Waals surface area contributed by atoms with Gasteiger partial charge in [-0.05, 0) is 6.92 Å². The van der Waals surface area contributed by atoms with Gasteiger partial charge in [0.2, 0.25) is 0 Å². The zero-order valence-corrected chi connectivity index (χ0v) is 7.04. The molecule has 1 fully saturated rings. The fourth-order valence-electron chi connectivity index (χ4n) is 1.30. The van der Waals surface area contributed by atoms with E-state index in [9.17, 15) is 20.1 Å². The maximum Gasteiger partial charge on any atom is 0.335 e. The van der Waals surface area contributed by atoms with Gasteiger partial charge in [0.1, 0.15) is 6.10 Å². The van der Waals surface area contributed by atoms with Crippen LogP contribution in [0.15, 0.2) is 0 Å². The highest BCUT2D eigenvalue weighted by atomic mass is 16.6. The van der Waals surface area contributed by atoms with Crippen LogP contribution in [0.4, 0.5) is 0 Å². The minimum absolute atomic E-state index is 0.210. The third-order valence-corrected chi connectivity index (χ3v) is 1.92. The molecule has 0 aromatic rings. The van der Waals surface area contributed by atoms with Crippen LogP contribution >= 0.6 is 0 Å². The van der Waals surface area contributed by atoms with Gasteiger partial charge in [-0.2, -0.15) is 0 Å². The van der Waals surface area contributed by atoms with E-state index in [1.807, 2.05) is 0 Å². The van der Waals surface area contributed by atoms with Crippen LogP contribution in [0.2, 0.25) is 0 Å². The Morgan fingerprint density at radius 3 is 2.54 bits per heavy atom. The Morgan fingerprint density at radius 1 is 1.54 bits per heavy atom. The molecular weight excluding hydrogens is 180 g/mol. The molecule has 4 N–H and O–H groups in total. The minimum Gasteiger partial charge on any atom is -0.479 e. The largest absolute Gasteiger partial charge is 0.479 e. The number of rotatable bonds is 1. The highest BCUT2D eigenvalue weighted by molar-refractivity contribution is 5.73. The van der Waals surface area contributed by atoms with Crippen molar-refractivity contribution in [1.29, 1.82) is 0 Å². The Morgan fingerprint density at radius 2 is 2.08 bits per heavy atom. The van der Waals surface area contributed by atoms with Gasteiger partial charge in [0, 0.05) is 6.42 Å². The van der Waals surface area contributed by atoms with Gasteiger partial charge < -0.3 is 25.2 Å². The Hall–Kier alpha value is -0.690. The minimum atomic E-state index is -1.71. The van der Waals surface area contributed by atoms with E-state index < -0.39 is 30.1 Å². The highest BCUT2D eigenvalue weighted by Crippen LogP contribution is 2.26. The van der Waals surface area contributed by atoms with E-state index in [1.54, 1.807) is 0 Å². The predicted molar refractivity (Wildman–Crippen MR) is 39.8 cm³/mol. The normalized spacial score (nSPS) is 46.0. The van der Waals surface area contributed by atoms with Crippen LogP contribution in [-0.2, 0) is 9.53 Å². The molecule has 6 heteroatoms. The summed E-state index contributed by atoms with van der Waals surface area (Å²) in [5.41, 5.74) is 0. The maximum atomic E-state index is 10.5. The van der Waals surface area contributed by atoms with E-state index in [0.717, 1.165) is 0 Å². The third kappa shape index (κ3) is 2.16. The van der Waals surface area contributed by atoms with E-state index in [0.29, 0.717) is 0 Å². The van der Waals surface area contributed by atoms with E-state index in [4.69, 9.17) is 5.11 Å². The van der Waals surface area contributed by atoms with Crippen LogP contribution in [0, 0.1) is 0 Å². The van der Waals surface area contributed by atoms with Crippen molar-refractivity contribution in [2.24, 2.45) is 0 Å². The molecule has 4 atom stereocenters. The standard InChI is InChI=1S/C7H12O6/c1-7(12)2-3(8)4(9)5(13-7)6(10)11/h3-5,8-9,12H,2H2,1H3,(H,10,11)/t3-,4+,5+,7-/m1/s1. The van der Waals surface area contributed by atoms with Crippen molar-refractivity contribution in [2.75, 3.05) is 0 Å². The molecule has 0 spiro atoms. The maximum absolute atomic E-state index is 10.5. The number of aliphatic hydroxyl groups is 3. The quantitative estimate of drug-likeness (QED) is 0.394. The van der Waals surface area contributed by atoms with Gasteiger partial charge in [-0.25, -0.2) is 4.79 Å². The van der Waals surface area contributed by atoms with Gasteiger partial charge in [-0.15, -0.1) is 0 Å². The summed E-state index contributed by atoms with van der Waals surface area (Å²) in [6, 6.07) is 0. The molecule has 1 aliphatic rings. The van der Waals surface area contributed by atoms with Crippen LogP contribution in [0.5, 0.6) is 0 Å². The molecule has 1 heterocycles. The highest BCUT2D eigenvalue weighted by Gasteiger charge is 2.45. The SMILES string of the molecule is C[C@]1(O)C[C@@H](O)[C@H](O)[C@@H](C(=O)O)O1. The molecule has 1 saturated heterocycles. The lowest BCUT2D eigenvalue weighted by molar-refractivity contribution is -0.288. The summed E-state index contributed by atoms with van der Waals surface area (Å²) in [5.74, 6) is -3.12. The van der Waals surface area contributed by atoms with Crippen molar-refractivity contribution in [3.63, 3.8) is 0 Å². The van der Waals surface area contributed by atoms with E-state index >= 15 is 0 Å². The summed E-state index contributed by atoms with van der Waals surface area (Å²) >= 11 is 0. The molecular formula is C7H12O6. The summed E-state index contributed by atoms with van der Waals surface area (Å²) in [6.45, 7) is 1.23. The van der Waals surface area contributed by atoms with E-state index in [-0.39, 0.29) is 6.42 Å². The van der Waals surface area contributed by atoms with Crippen molar-refractivity contribution < 1.29 is 30.0 Å². The zero-order chi connectivity index (χ0) is 10.2. The second-order valence-corrected chi connectivity index (χ2v) is 3.31. The van der Waals surface area contributed by atoms with Crippen LogP contribution < -0.4 is 0 Å². The molecule has 0 bridgehead atoms.